The Balaban J connectivity index is 2.03. The molecule has 0 bridgehead atoms. The summed E-state index contributed by atoms with van der Waals surface area (Å²) in [6, 6.07) is 3.03. The Morgan fingerprint density at radius 3 is 2.85 bits per heavy atom. The van der Waals surface area contributed by atoms with Crippen LogP contribution in [0.3, 0.4) is 0 Å². The molecule has 1 aliphatic heterocycles. The molecule has 0 aliphatic carbocycles. The van der Waals surface area contributed by atoms with Crippen LogP contribution in [0.4, 0.5) is 11.4 Å². The maximum Gasteiger partial charge on any atom is 0.300 e. The molecule has 1 aromatic heterocycles. The summed E-state index contributed by atoms with van der Waals surface area (Å²) in [6.45, 7) is 4.72. The number of hydrogen-bond donors (Lipinski definition) is 1. The van der Waals surface area contributed by atoms with Crippen molar-refractivity contribution >= 4 is 22.4 Å². The monoisotopic (exact) mass is 278 g/mol. The van der Waals surface area contributed by atoms with E-state index in [1.807, 2.05) is 13.8 Å². The topological polar surface area (TPSA) is 103 Å². The summed E-state index contributed by atoms with van der Waals surface area (Å²) >= 11 is 0. The van der Waals surface area contributed by atoms with Crippen LogP contribution in [0.2, 0.25) is 0 Å². The summed E-state index contributed by atoms with van der Waals surface area (Å²) in [4.78, 5) is 10.4. The average molecular weight is 278 g/mol. The first-order valence-corrected chi connectivity index (χ1v) is 6.31. The second-order valence-corrected chi connectivity index (χ2v) is 5.16. The first-order valence-electron chi connectivity index (χ1n) is 6.31. The van der Waals surface area contributed by atoms with Crippen molar-refractivity contribution in [2.24, 2.45) is 0 Å². The smallest absolute Gasteiger partial charge is 0.300 e. The Labute approximate surface area is 114 Å². The number of benzene rings is 1. The van der Waals surface area contributed by atoms with Gasteiger partial charge in [0.05, 0.1) is 22.3 Å². The van der Waals surface area contributed by atoms with Crippen LogP contribution in [-0.2, 0) is 4.74 Å². The predicted octanol–water partition coefficient (Wildman–Crippen LogP) is 2.11. The van der Waals surface area contributed by atoms with Gasteiger partial charge in [-0.25, -0.2) is 4.63 Å². The number of rotatable bonds is 3. The average Bonchev–Trinajstić information content (AvgIpc) is 2.98. The van der Waals surface area contributed by atoms with Gasteiger partial charge in [-0.05, 0) is 36.6 Å². The summed E-state index contributed by atoms with van der Waals surface area (Å²) in [5, 5.41) is 21.7. The van der Waals surface area contributed by atoms with Crippen molar-refractivity contribution in [2.75, 3.05) is 11.9 Å². The van der Waals surface area contributed by atoms with Gasteiger partial charge in [-0.15, -0.1) is 0 Å². The van der Waals surface area contributed by atoms with Gasteiger partial charge in [0, 0.05) is 12.7 Å². The molecule has 2 heterocycles. The number of non-ortho nitro benzene ring substituents is 1. The van der Waals surface area contributed by atoms with Gasteiger partial charge in [0.1, 0.15) is 0 Å². The number of nitrogens with one attached hydrogen (secondary N) is 1. The largest absolute Gasteiger partial charge is 0.376 e. The van der Waals surface area contributed by atoms with Gasteiger partial charge in [-0.1, -0.05) is 0 Å². The van der Waals surface area contributed by atoms with Crippen LogP contribution in [0.5, 0.6) is 0 Å². The van der Waals surface area contributed by atoms with E-state index in [0.29, 0.717) is 17.8 Å². The zero-order valence-electron chi connectivity index (χ0n) is 11.1. The molecule has 0 radical (unpaired) electrons. The summed E-state index contributed by atoms with van der Waals surface area (Å²) in [6.07, 6.45) is 0.880. The zero-order valence-corrected chi connectivity index (χ0v) is 11.1. The van der Waals surface area contributed by atoms with Crippen LogP contribution in [0.25, 0.3) is 11.0 Å². The van der Waals surface area contributed by atoms with E-state index in [-0.39, 0.29) is 22.8 Å². The van der Waals surface area contributed by atoms with Crippen LogP contribution in [0, 0.1) is 10.1 Å². The standard InChI is InChI=1S/C12H14N4O4/c1-7-12(2,5-6-19-7)13-8-3-4-9(16(17)18)11-10(8)14-20-15-11/h3-4,7,13H,5-6H2,1-2H3. The third kappa shape index (κ3) is 1.88. The fourth-order valence-corrected chi connectivity index (χ4v) is 2.41. The van der Waals surface area contributed by atoms with Gasteiger partial charge in [-0.3, -0.25) is 10.1 Å². The highest BCUT2D eigenvalue weighted by Crippen LogP contribution is 2.34. The molecule has 2 atom stereocenters. The summed E-state index contributed by atoms with van der Waals surface area (Å²) in [5.41, 5.74) is 0.802. The molecule has 1 fully saturated rings. The van der Waals surface area contributed by atoms with Crippen LogP contribution < -0.4 is 5.32 Å². The summed E-state index contributed by atoms with van der Waals surface area (Å²) in [7, 11) is 0. The van der Waals surface area contributed by atoms with Gasteiger partial charge in [0.15, 0.2) is 5.52 Å². The fourth-order valence-electron chi connectivity index (χ4n) is 2.41. The van der Waals surface area contributed by atoms with E-state index in [1.54, 1.807) is 6.07 Å². The van der Waals surface area contributed by atoms with Crippen molar-refractivity contribution in [3.8, 4) is 0 Å². The molecule has 8 heteroatoms. The Morgan fingerprint density at radius 2 is 2.20 bits per heavy atom. The summed E-state index contributed by atoms with van der Waals surface area (Å²) < 4.78 is 10.2. The third-order valence-electron chi connectivity index (χ3n) is 3.90. The van der Waals surface area contributed by atoms with Crippen molar-refractivity contribution in [1.82, 2.24) is 10.3 Å². The lowest BCUT2D eigenvalue weighted by atomic mass is 9.94. The minimum absolute atomic E-state index is 0.0348. The molecule has 0 amide bonds. The van der Waals surface area contributed by atoms with Crippen molar-refractivity contribution in [2.45, 2.75) is 31.9 Å². The molecule has 8 nitrogen and oxygen atoms in total. The fraction of sp³-hybridized carbons (Fsp3) is 0.500. The van der Waals surface area contributed by atoms with Gasteiger partial charge >= 0.3 is 5.69 Å². The lowest BCUT2D eigenvalue weighted by molar-refractivity contribution is -0.383. The predicted molar refractivity (Wildman–Crippen MR) is 70.5 cm³/mol. The van der Waals surface area contributed by atoms with Gasteiger partial charge in [0.2, 0.25) is 5.52 Å². The molecule has 20 heavy (non-hydrogen) atoms. The number of nitrogens with zero attached hydrogens (tertiary/aromatic N) is 3. The number of fused-ring (bicyclic) bond motifs is 1. The van der Waals surface area contributed by atoms with Gasteiger partial charge in [0.25, 0.3) is 0 Å². The highest BCUT2D eigenvalue weighted by atomic mass is 16.6. The van der Waals surface area contributed by atoms with E-state index in [9.17, 15) is 10.1 Å². The maximum absolute atomic E-state index is 10.9. The third-order valence-corrected chi connectivity index (χ3v) is 3.90. The lowest BCUT2D eigenvalue weighted by Crippen LogP contribution is -2.41. The molecule has 106 valence electrons. The molecule has 0 spiro atoms. The number of aromatic nitrogens is 2. The van der Waals surface area contributed by atoms with Gasteiger partial charge < -0.3 is 10.1 Å². The molecule has 1 N–H and O–H groups in total. The molecule has 1 saturated heterocycles. The molecule has 3 rings (SSSR count). The van der Waals surface area contributed by atoms with E-state index in [2.05, 4.69) is 20.3 Å². The SMILES string of the molecule is CC1OCCC1(C)Nc1ccc([N+](=O)[O-])c2nonc12. The van der Waals surface area contributed by atoms with Crippen LogP contribution in [0.1, 0.15) is 20.3 Å². The second kappa shape index (κ2) is 4.41. The van der Waals surface area contributed by atoms with Crippen LogP contribution in [-0.4, -0.2) is 33.5 Å². The quantitative estimate of drug-likeness (QED) is 0.677. The molecule has 0 saturated carbocycles. The van der Waals surface area contributed by atoms with Crippen molar-refractivity contribution < 1.29 is 14.3 Å². The number of nitro benzene ring substituents is 1. The minimum atomic E-state index is -0.501. The first kappa shape index (κ1) is 12.8. The molecular formula is C12H14N4O4. The van der Waals surface area contributed by atoms with Crippen LogP contribution >= 0.6 is 0 Å². The normalized spacial score (nSPS) is 26.0. The lowest BCUT2D eigenvalue weighted by Gasteiger charge is -2.30. The molecule has 1 aromatic carbocycles. The second-order valence-electron chi connectivity index (χ2n) is 5.16. The molecular weight excluding hydrogens is 264 g/mol. The van der Waals surface area contributed by atoms with Crippen LogP contribution in [0.15, 0.2) is 16.8 Å². The van der Waals surface area contributed by atoms with E-state index in [0.717, 1.165) is 6.42 Å². The van der Waals surface area contributed by atoms with Gasteiger partial charge in [-0.2, -0.15) is 0 Å². The number of hydrogen-bond acceptors (Lipinski definition) is 7. The number of anilines is 1. The highest BCUT2D eigenvalue weighted by molar-refractivity contribution is 5.93. The zero-order chi connectivity index (χ0) is 14.3. The summed E-state index contributed by atoms with van der Waals surface area (Å²) in [5.74, 6) is 0. The highest BCUT2D eigenvalue weighted by Gasteiger charge is 2.37. The number of ether oxygens (including phenoxy) is 1. The van der Waals surface area contributed by atoms with E-state index in [1.165, 1.54) is 6.07 Å². The van der Waals surface area contributed by atoms with E-state index in [4.69, 9.17) is 4.74 Å². The Hall–Kier alpha value is -2.22. The van der Waals surface area contributed by atoms with Crippen molar-refractivity contribution in [1.29, 1.82) is 0 Å². The Morgan fingerprint density at radius 1 is 1.45 bits per heavy atom. The first-order chi connectivity index (χ1) is 9.51. The molecule has 1 aliphatic rings. The van der Waals surface area contributed by atoms with E-state index < -0.39 is 4.92 Å². The van der Waals surface area contributed by atoms with E-state index >= 15 is 0 Å². The van der Waals surface area contributed by atoms with Crippen molar-refractivity contribution in [3.05, 3.63) is 22.2 Å². The maximum atomic E-state index is 10.9. The van der Waals surface area contributed by atoms with Crippen molar-refractivity contribution in [3.63, 3.8) is 0 Å². The Kier molecular flexibility index (Phi) is 2.82. The molecule has 2 aromatic rings. The Bertz CT molecular complexity index is 671. The molecule has 2 unspecified atom stereocenters. The minimum Gasteiger partial charge on any atom is -0.376 e. The number of nitro groups is 1.